The Bertz CT molecular complexity index is 453. The molecule has 1 atom stereocenters. The zero-order chi connectivity index (χ0) is 14.5. The lowest BCUT2D eigenvalue weighted by Gasteiger charge is -2.32. The number of hydrogen-bond acceptors (Lipinski definition) is 4. The van der Waals surface area contributed by atoms with Crippen molar-refractivity contribution in [2.75, 3.05) is 26.8 Å². The first-order valence-corrected chi connectivity index (χ1v) is 7.82. The number of benzene rings is 1. The smallest absolute Gasteiger partial charge is 0.172 e. The average molecular weight is 344 g/mol. The first kappa shape index (κ1) is 15.6. The van der Waals surface area contributed by atoms with Gasteiger partial charge in [-0.25, -0.2) is 0 Å². The highest BCUT2D eigenvalue weighted by molar-refractivity contribution is 9.10. The molecule has 2 rings (SSSR count). The lowest BCUT2D eigenvalue weighted by molar-refractivity contribution is 0.0285. The molecule has 4 nitrogen and oxygen atoms in total. The fourth-order valence-electron chi connectivity index (χ4n) is 2.59. The van der Waals surface area contributed by atoms with Crippen LogP contribution < -0.4 is 4.74 Å². The van der Waals surface area contributed by atoms with E-state index in [0.717, 1.165) is 38.0 Å². The largest absolute Gasteiger partial charge is 0.503 e. The Hall–Kier alpha value is -0.780. The number of methoxy groups -OCH3 is 1. The van der Waals surface area contributed by atoms with Crippen LogP contribution in [0, 0.1) is 0 Å². The topological polar surface area (TPSA) is 41.9 Å². The van der Waals surface area contributed by atoms with Crippen molar-refractivity contribution in [2.45, 2.75) is 32.4 Å². The number of likely N-dealkylation sites (tertiary alicyclic amines) is 1. The molecule has 1 heterocycles. The van der Waals surface area contributed by atoms with Crippen molar-refractivity contribution < 1.29 is 14.6 Å². The summed E-state index contributed by atoms with van der Waals surface area (Å²) in [7, 11) is 1.78. The van der Waals surface area contributed by atoms with Crippen molar-refractivity contribution in [1.29, 1.82) is 0 Å². The van der Waals surface area contributed by atoms with Crippen LogP contribution in [0.1, 0.15) is 25.3 Å². The molecule has 112 valence electrons. The number of piperidine rings is 1. The normalized spacial score (nSPS) is 20.1. The van der Waals surface area contributed by atoms with Crippen LogP contribution in [0.15, 0.2) is 16.6 Å². The van der Waals surface area contributed by atoms with Gasteiger partial charge in [-0.2, -0.15) is 0 Å². The number of phenolic OH excluding ortho intramolecular Hbond substituents is 1. The highest BCUT2D eigenvalue weighted by Gasteiger charge is 2.20. The van der Waals surface area contributed by atoms with E-state index >= 15 is 0 Å². The summed E-state index contributed by atoms with van der Waals surface area (Å²) >= 11 is 3.38. The Labute approximate surface area is 128 Å². The van der Waals surface area contributed by atoms with E-state index in [1.807, 2.05) is 19.1 Å². The van der Waals surface area contributed by atoms with Gasteiger partial charge in [0, 0.05) is 20.2 Å². The molecule has 0 amide bonds. The number of ether oxygens (including phenoxy) is 2. The van der Waals surface area contributed by atoms with Crippen molar-refractivity contribution >= 4 is 15.9 Å². The zero-order valence-electron chi connectivity index (χ0n) is 12.1. The van der Waals surface area contributed by atoms with Crippen LogP contribution in [0.25, 0.3) is 0 Å². The van der Waals surface area contributed by atoms with Gasteiger partial charge in [-0.05, 0) is 59.9 Å². The van der Waals surface area contributed by atoms with E-state index in [0.29, 0.717) is 22.9 Å². The van der Waals surface area contributed by atoms with Gasteiger partial charge in [0.1, 0.15) is 0 Å². The van der Waals surface area contributed by atoms with E-state index < -0.39 is 0 Å². The Morgan fingerprint density at radius 2 is 2.25 bits per heavy atom. The van der Waals surface area contributed by atoms with Gasteiger partial charge >= 0.3 is 0 Å². The zero-order valence-corrected chi connectivity index (χ0v) is 13.6. The van der Waals surface area contributed by atoms with E-state index in [1.54, 1.807) is 7.11 Å². The van der Waals surface area contributed by atoms with Gasteiger partial charge in [0.05, 0.1) is 17.2 Å². The molecule has 1 aromatic rings. The molecule has 0 saturated carbocycles. The molecular formula is C15H22BrNO3. The van der Waals surface area contributed by atoms with E-state index in [4.69, 9.17) is 9.47 Å². The lowest BCUT2D eigenvalue weighted by atomic mass is 10.1. The molecule has 0 radical (unpaired) electrons. The number of aromatic hydroxyl groups is 1. The highest BCUT2D eigenvalue weighted by Crippen LogP contribution is 2.36. The second-order valence-corrected chi connectivity index (χ2v) is 5.95. The second kappa shape index (κ2) is 7.29. The monoisotopic (exact) mass is 343 g/mol. The molecule has 1 saturated heterocycles. The van der Waals surface area contributed by atoms with E-state index in [1.165, 1.54) is 0 Å². The van der Waals surface area contributed by atoms with E-state index in [9.17, 15) is 5.11 Å². The molecular weight excluding hydrogens is 322 g/mol. The maximum Gasteiger partial charge on any atom is 0.172 e. The first-order chi connectivity index (χ1) is 9.63. The predicted octanol–water partition coefficient (Wildman–Crippen LogP) is 3.16. The highest BCUT2D eigenvalue weighted by atomic mass is 79.9. The predicted molar refractivity (Wildman–Crippen MR) is 82.3 cm³/mol. The van der Waals surface area contributed by atoms with Crippen molar-refractivity contribution in [2.24, 2.45) is 0 Å². The van der Waals surface area contributed by atoms with Crippen molar-refractivity contribution in [3.05, 3.63) is 22.2 Å². The minimum absolute atomic E-state index is 0.170. The van der Waals surface area contributed by atoms with Crippen LogP contribution in [-0.4, -0.2) is 42.9 Å². The first-order valence-electron chi connectivity index (χ1n) is 7.03. The van der Waals surface area contributed by atoms with Gasteiger partial charge in [-0.15, -0.1) is 0 Å². The van der Waals surface area contributed by atoms with Gasteiger partial charge in [0.15, 0.2) is 11.5 Å². The molecule has 0 spiro atoms. The van der Waals surface area contributed by atoms with Crippen LogP contribution in [0.3, 0.4) is 0 Å². The third-order valence-corrected chi connectivity index (χ3v) is 4.19. The maximum absolute atomic E-state index is 9.93. The number of halogens is 1. The summed E-state index contributed by atoms with van der Waals surface area (Å²) < 4.78 is 11.6. The standard InChI is InChI=1S/C15H22BrNO3/c1-3-20-14-8-11(7-13(16)15(14)18)9-17-6-4-5-12(10-17)19-2/h7-8,12,18H,3-6,9-10H2,1-2H3. The van der Waals surface area contributed by atoms with E-state index in [2.05, 4.69) is 20.8 Å². The summed E-state index contributed by atoms with van der Waals surface area (Å²) in [4.78, 5) is 2.38. The summed E-state index contributed by atoms with van der Waals surface area (Å²) in [5.41, 5.74) is 1.13. The molecule has 5 heteroatoms. The van der Waals surface area contributed by atoms with Gasteiger partial charge in [0.25, 0.3) is 0 Å². The van der Waals surface area contributed by atoms with Gasteiger partial charge < -0.3 is 14.6 Å². The fraction of sp³-hybridized carbons (Fsp3) is 0.600. The summed E-state index contributed by atoms with van der Waals surface area (Å²) in [6.45, 7) is 5.34. The maximum atomic E-state index is 9.93. The third kappa shape index (κ3) is 3.87. The number of hydrogen-bond donors (Lipinski definition) is 1. The molecule has 0 aromatic heterocycles. The molecule has 20 heavy (non-hydrogen) atoms. The molecule has 1 aliphatic heterocycles. The van der Waals surface area contributed by atoms with Crippen molar-refractivity contribution in [1.82, 2.24) is 4.90 Å². The van der Waals surface area contributed by atoms with Crippen LogP contribution in [0.5, 0.6) is 11.5 Å². The fourth-order valence-corrected chi connectivity index (χ4v) is 3.08. The van der Waals surface area contributed by atoms with Crippen molar-refractivity contribution in [3.8, 4) is 11.5 Å². The number of phenols is 1. The second-order valence-electron chi connectivity index (χ2n) is 5.09. The molecule has 0 bridgehead atoms. The van der Waals surface area contributed by atoms with E-state index in [-0.39, 0.29) is 5.75 Å². The SMILES string of the molecule is CCOc1cc(CN2CCCC(OC)C2)cc(Br)c1O. The van der Waals surface area contributed by atoms with Crippen LogP contribution in [0.4, 0.5) is 0 Å². The molecule has 1 aromatic carbocycles. The number of nitrogens with zero attached hydrogens (tertiary/aromatic N) is 1. The summed E-state index contributed by atoms with van der Waals surface area (Å²) in [6, 6.07) is 3.87. The molecule has 1 aliphatic rings. The van der Waals surface area contributed by atoms with Crippen LogP contribution >= 0.6 is 15.9 Å². The molecule has 0 aliphatic carbocycles. The summed E-state index contributed by atoms with van der Waals surface area (Å²) in [5.74, 6) is 0.709. The average Bonchev–Trinajstić information content (AvgIpc) is 2.44. The molecule has 1 unspecified atom stereocenters. The molecule has 1 N–H and O–H groups in total. The third-order valence-electron chi connectivity index (χ3n) is 3.59. The van der Waals surface area contributed by atoms with Gasteiger partial charge in [-0.3, -0.25) is 4.90 Å². The van der Waals surface area contributed by atoms with Gasteiger partial charge in [0.2, 0.25) is 0 Å². The quantitative estimate of drug-likeness (QED) is 0.891. The Morgan fingerprint density at radius 3 is 2.95 bits per heavy atom. The Kier molecular flexibility index (Phi) is 5.69. The number of rotatable bonds is 5. The minimum atomic E-state index is 0.170. The minimum Gasteiger partial charge on any atom is -0.503 e. The van der Waals surface area contributed by atoms with Crippen LogP contribution in [0.2, 0.25) is 0 Å². The molecule has 1 fully saturated rings. The summed E-state index contributed by atoms with van der Waals surface area (Å²) in [5, 5.41) is 9.93. The van der Waals surface area contributed by atoms with Crippen molar-refractivity contribution in [3.63, 3.8) is 0 Å². The Morgan fingerprint density at radius 1 is 1.45 bits per heavy atom. The van der Waals surface area contributed by atoms with Gasteiger partial charge in [-0.1, -0.05) is 0 Å². The Balaban J connectivity index is 2.08. The lowest BCUT2D eigenvalue weighted by Crippen LogP contribution is -2.38. The summed E-state index contributed by atoms with van der Waals surface area (Å²) in [6.07, 6.45) is 2.63. The van der Waals surface area contributed by atoms with Crippen LogP contribution in [-0.2, 0) is 11.3 Å².